The molecule has 7 amide bonds. The van der Waals surface area contributed by atoms with E-state index < -0.39 is 83.9 Å². The van der Waals surface area contributed by atoms with Crippen molar-refractivity contribution in [3.63, 3.8) is 0 Å². The Labute approximate surface area is 332 Å². The lowest BCUT2D eigenvalue weighted by atomic mass is 9.99. The number of carbonyl (C=O) groups excluding carboxylic acids is 7. The molecule has 0 radical (unpaired) electrons. The van der Waals surface area contributed by atoms with Crippen molar-refractivity contribution in [1.29, 1.82) is 0 Å². The molecule has 0 spiro atoms. The average molecular weight is 784 g/mol. The molecule has 15 heteroatoms. The molecule has 2 aromatic carbocycles. The zero-order valence-electron chi connectivity index (χ0n) is 32.7. The summed E-state index contributed by atoms with van der Waals surface area (Å²) in [7, 11) is 0. The predicted octanol–water partition coefficient (Wildman–Crippen LogP) is 2.11. The molecule has 304 valence electrons. The third-order valence-corrected chi connectivity index (χ3v) is 11.2. The average Bonchev–Trinajstić information content (AvgIpc) is 3.86. The molecule has 0 bridgehead atoms. The van der Waals surface area contributed by atoms with E-state index in [4.69, 9.17) is 4.74 Å². The molecule has 4 aliphatic heterocycles. The van der Waals surface area contributed by atoms with E-state index >= 15 is 0 Å². The maximum Gasteiger partial charge on any atom is 0.329 e. The van der Waals surface area contributed by atoms with Gasteiger partial charge >= 0.3 is 12.0 Å². The molecule has 4 heterocycles. The summed E-state index contributed by atoms with van der Waals surface area (Å²) in [5.41, 5.74) is 1.59. The Hall–Kier alpha value is -5.73. The maximum atomic E-state index is 14.7. The summed E-state index contributed by atoms with van der Waals surface area (Å²) >= 11 is 0. The Morgan fingerprint density at radius 3 is 2.21 bits per heavy atom. The fraction of sp³-hybridized carbons (Fsp3) is 0.500. The van der Waals surface area contributed by atoms with Gasteiger partial charge in [-0.05, 0) is 75.5 Å². The Bertz CT molecular complexity index is 1840. The largest absolute Gasteiger partial charge is 0.458 e. The second kappa shape index (κ2) is 18.5. The molecule has 6 rings (SSSR count). The second-order valence-corrected chi connectivity index (χ2v) is 15.5. The Morgan fingerprint density at radius 1 is 0.807 bits per heavy atom. The van der Waals surface area contributed by atoms with Gasteiger partial charge in [0.2, 0.25) is 29.5 Å². The van der Waals surface area contributed by atoms with E-state index in [-0.39, 0.29) is 25.4 Å². The molecule has 0 unspecified atom stereocenters. The summed E-state index contributed by atoms with van der Waals surface area (Å²) in [4.78, 5) is 102. The topological polar surface area (TPSA) is 187 Å². The van der Waals surface area contributed by atoms with Crippen LogP contribution in [0.5, 0.6) is 0 Å². The molecule has 4 fully saturated rings. The quantitative estimate of drug-likeness (QED) is 0.308. The third-order valence-electron chi connectivity index (χ3n) is 11.2. The van der Waals surface area contributed by atoms with Crippen LogP contribution in [-0.4, -0.2) is 118 Å². The number of carbonyl (C=O) groups is 7. The van der Waals surface area contributed by atoms with Gasteiger partial charge in [-0.1, -0.05) is 67.6 Å². The molecule has 0 aliphatic carbocycles. The Kier molecular flexibility index (Phi) is 13.3. The highest BCUT2D eigenvalue weighted by Gasteiger charge is 2.47. The van der Waals surface area contributed by atoms with Crippen LogP contribution in [0.3, 0.4) is 0 Å². The highest BCUT2D eigenvalue weighted by atomic mass is 16.5. The van der Waals surface area contributed by atoms with Crippen molar-refractivity contribution in [2.45, 2.75) is 108 Å². The first-order chi connectivity index (χ1) is 27.4. The number of hydrogen-bond acceptors (Lipinski definition) is 8. The van der Waals surface area contributed by atoms with Crippen molar-refractivity contribution in [2.24, 2.45) is 5.92 Å². The third kappa shape index (κ3) is 9.81. The normalized spacial score (nSPS) is 27.9. The first-order valence-corrected chi connectivity index (χ1v) is 20.0. The van der Waals surface area contributed by atoms with Crippen molar-refractivity contribution in [1.82, 2.24) is 36.0 Å². The molecule has 4 saturated heterocycles. The van der Waals surface area contributed by atoms with Crippen LogP contribution in [0, 0.1) is 5.92 Å². The number of benzene rings is 2. The van der Waals surface area contributed by atoms with Crippen LogP contribution in [0.2, 0.25) is 0 Å². The monoisotopic (exact) mass is 783 g/mol. The summed E-state index contributed by atoms with van der Waals surface area (Å²) in [6.45, 7) is 5.73. The van der Waals surface area contributed by atoms with E-state index in [1.807, 2.05) is 55.5 Å². The lowest BCUT2D eigenvalue weighted by Crippen LogP contribution is -2.63. The SMILES string of the molecule is C[C@@H]1C[C@H]2C(=O)O[C@@H](C)[C@H](NC(=O)[C@H](Cc3ccccc3)NC(=O)N/C=C/c3ccccc3)C(=O)N3CCC[C@H]3C(=O)N3CCCC[C@H]3C(=O)N[C@@H](C)C(=O)N2C1. The van der Waals surface area contributed by atoms with Crippen LogP contribution < -0.4 is 21.3 Å². The van der Waals surface area contributed by atoms with Crippen LogP contribution in [0.25, 0.3) is 6.08 Å². The number of nitrogens with one attached hydrogen (secondary N) is 4. The number of urea groups is 1. The van der Waals surface area contributed by atoms with E-state index in [2.05, 4.69) is 21.3 Å². The minimum Gasteiger partial charge on any atom is -0.458 e. The number of cyclic esters (lactones) is 1. The molecule has 2 aromatic rings. The predicted molar refractivity (Wildman–Crippen MR) is 210 cm³/mol. The van der Waals surface area contributed by atoms with Crippen molar-refractivity contribution in [3.05, 3.63) is 78.0 Å². The first kappa shape index (κ1) is 40.9. The molecule has 4 aliphatic rings. The van der Waals surface area contributed by atoms with Gasteiger partial charge in [0.05, 0.1) is 0 Å². The van der Waals surface area contributed by atoms with Gasteiger partial charge in [-0.15, -0.1) is 0 Å². The smallest absolute Gasteiger partial charge is 0.329 e. The molecule has 0 aromatic heterocycles. The fourth-order valence-electron chi connectivity index (χ4n) is 8.26. The van der Waals surface area contributed by atoms with Crippen LogP contribution in [0.4, 0.5) is 4.79 Å². The number of nitrogens with zero attached hydrogens (tertiary/aromatic N) is 3. The van der Waals surface area contributed by atoms with Gasteiger partial charge in [0.15, 0.2) is 0 Å². The van der Waals surface area contributed by atoms with Gasteiger partial charge < -0.3 is 40.7 Å². The molecule has 0 saturated carbocycles. The molecule has 4 N–H and O–H groups in total. The standard InChI is InChI=1S/C42H53N7O8/c1-26-23-34-41(55)57-28(3)35(46-36(50)31(24-30-15-8-5-9-16-30)45-42(56)43-20-19-29-13-6-4-7-14-29)40(54)48-22-12-18-33(48)39(53)47-21-11-10-17-32(47)37(51)44-27(2)38(52)49(34)25-26/h4-9,13-16,19-20,26-28,31-35H,10-12,17-18,21-25H2,1-3H3,(H,44,51)(H,46,50)(H2,43,45,56)/b20-19+/t26-,27+,28+,31+,32+,33+,34+,35+/m1/s1. The maximum absolute atomic E-state index is 14.7. The van der Waals surface area contributed by atoms with Gasteiger partial charge in [0.1, 0.15) is 42.4 Å². The summed E-state index contributed by atoms with van der Waals surface area (Å²) < 4.78 is 5.95. The van der Waals surface area contributed by atoms with E-state index in [0.717, 1.165) is 11.1 Å². The Morgan fingerprint density at radius 2 is 1.47 bits per heavy atom. The number of piperidine rings is 1. The molecule has 15 nitrogen and oxygen atoms in total. The van der Waals surface area contributed by atoms with E-state index in [1.165, 1.54) is 27.8 Å². The second-order valence-electron chi connectivity index (χ2n) is 15.5. The lowest BCUT2D eigenvalue weighted by Gasteiger charge is -2.39. The van der Waals surface area contributed by atoms with Gasteiger partial charge in [0, 0.05) is 32.3 Å². The zero-order chi connectivity index (χ0) is 40.6. The number of fused-ring (bicyclic) bond motifs is 3. The van der Waals surface area contributed by atoms with Crippen molar-refractivity contribution in [3.8, 4) is 0 Å². The van der Waals surface area contributed by atoms with Gasteiger partial charge in [-0.3, -0.25) is 24.0 Å². The minimum absolute atomic E-state index is 0.0563. The van der Waals surface area contributed by atoms with Crippen molar-refractivity contribution >= 4 is 47.6 Å². The number of hydrogen-bond donors (Lipinski definition) is 4. The Balaban J connectivity index is 1.30. The van der Waals surface area contributed by atoms with E-state index in [9.17, 15) is 33.6 Å². The van der Waals surface area contributed by atoms with Crippen LogP contribution >= 0.6 is 0 Å². The molecular weight excluding hydrogens is 731 g/mol. The fourth-order valence-corrected chi connectivity index (χ4v) is 8.26. The van der Waals surface area contributed by atoms with Crippen LogP contribution in [0.1, 0.15) is 70.4 Å². The minimum atomic E-state index is -1.47. The number of rotatable bonds is 7. The van der Waals surface area contributed by atoms with Crippen molar-refractivity contribution in [2.75, 3.05) is 19.6 Å². The van der Waals surface area contributed by atoms with Crippen molar-refractivity contribution < 1.29 is 38.3 Å². The molecule has 8 atom stereocenters. The van der Waals surface area contributed by atoms with Gasteiger partial charge in [-0.25, -0.2) is 9.59 Å². The number of amides is 7. The van der Waals surface area contributed by atoms with E-state index in [0.29, 0.717) is 45.1 Å². The number of ether oxygens (including phenoxy) is 1. The van der Waals surface area contributed by atoms with Gasteiger partial charge in [0.25, 0.3) is 0 Å². The molecule has 57 heavy (non-hydrogen) atoms. The van der Waals surface area contributed by atoms with Crippen LogP contribution in [0.15, 0.2) is 66.9 Å². The highest BCUT2D eigenvalue weighted by molar-refractivity contribution is 5.98. The van der Waals surface area contributed by atoms with E-state index in [1.54, 1.807) is 25.1 Å². The molecular formula is C42H53N7O8. The zero-order valence-corrected chi connectivity index (χ0v) is 32.7. The lowest BCUT2D eigenvalue weighted by molar-refractivity contribution is -0.163. The van der Waals surface area contributed by atoms with Crippen LogP contribution in [-0.2, 0) is 39.9 Å². The van der Waals surface area contributed by atoms with Gasteiger partial charge in [-0.2, -0.15) is 0 Å². The summed E-state index contributed by atoms with van der Waals surface area (Å²) in [5.74, 6) is -3.48. The highest BCUT2D eigenvalue weighted by Crippen LogP contribution is 2.28. The summed E-state index contributed by atoms with van der Waals surface area (Å²) in [5, 5.41) is 10.9. The first-order valence-electron chi connectivity index (χ1n) is 20.0. The summed E-state index contributed by atoms with van der Waals surface area (Å²) in [6, 6.07) is 11.4. The summed E-state index contributed by atoms with van der Waals surface area (Å²) in [6.07, 6.45) is 4.90. The number of esters is 1.